The predicted molar refractivity (Wildman–Crippen MR) is 270 cm³/mol. The molecule has 362 valence electrons. The summed E-state index contributed by atoms with van der Waals surface area (Å²) in [4.78, 5) is 16.5. The lowest BCUT2D eigenvalue weighted by molar-refractivity contribution is -0.121. The summed E-state index contributed by atoms with van der Waals surface area (Å²) < 4.78 is 41.0. The average molecular weight is 926 g/mol. The fourth-order valence-corrected chi connectivity index (χ4v) is 10.9. The molecule has 0 aromatic heterocycles. The molecule has 1 N–H and O–H groups in total. The summed E-state index contributed by atoms with van der Waals surface area (Å²) in [6.45, 7) is 19.4. The molecule has 0 spiro atoms. The SMILES string of the molecule is [B][C@@H]1O[C@H](COC(c2ccccc2)(c2ccc(OC)cc2)c2ccc(OC)cc2)C(OP(OCC[N+]#[C-])N(C(C)C)C(C)C)[C@@H]1CCCNC(=O)CCCCCCCCCCCCCCC. The Balaban J connectivity index is 1.49. The van der Waals surface area contributed by atoms with Crippen LogP contribution >= 0.6 is 8.53 Å². The Morgan fingerprint density at radius 1 is 0.773 bits per heavy atom. The highest BCUT2D eigenvalue weighted by atomic mass is 31.2. The predicted octanol–water partition coefficient (Wildman–Crippen LogP) is 12.6. The Labute approximate surface area is 401 Å². The van der Waals surface area contributed by atoms with Crippen LogP contribution in [0.1, 0.15) is 154 Å². The van der Waals surface area contributed by atoms with Gasteiger partial charge in [0.2, 0.25) is 12.5 Å². The Hall–Kier alpha value is -3.49. The van der Waals surface area contributed by atoms with E-state index in [4.69, 9.17) is 42.4 Å². The molecule has 0 saturated carbocycles. The van der Waals surface area contributed by atoms with Gasteiger partial charge in [0, 0.05) is 37.0 Å². The molecule has 12 heteroatoms. The first-order valence-electron chi connectivity index (χ1n) is 25.0. The van der Waals surface area contributed by atoms with Crippen molar-refractivity contribution in [2.45, 2.75) is 173 Å². The summed E-state index contributed by atoms with van der Waals surface area (Å²) in [6.07, 6.45) is 17.5. The molecule has 1 saturated heterocycles. The lowest BCUT2D eigenvalue weighted by atomic mass is 9.79. The topological polar surface area (TPSA) is 92.1 Å². The number of ether oxygens (including phenoxy) is 4. The summed E-state index contributed by atoms with van der Waals surface area (Å²) in [5.74, 6) is 1.35. The van der Waals surface area contributed by atoms with Crippen molar-refractivity contribution in [3.8, 4) is 11.5 Å². The smallest absolute Gasteiger partial charge is 0.259 e. The van der Waals surface area contributed by atoms with Gasteiger partial charge < -0.3 is 38.2 Å². The molecule has 3 aromatic carbocycles. The molecule has 10 nitrogen and oxygen atoms in total. The van der Waals surface area contributed by atoms with Crippen LogP contribution in [0.15, 0.2) is 78.9 Å². The largest absolute Gasteiger partial charge is 0.497 e. The lowest BCUT2D eigenvalue weighted by Gasteiger charge is -2.39. The Kier molecular flexibility index (Phi) is 25.7. The number of carbonyl (C=O) groups excluding carboxylic acids is 1. The molecule has 66 heavy (non-hydrogen) atoms. The molecule has 1 aliphatic rings. The van der Waals surface area contributed by atoms with E-state index in [1.165, 1.54) is 70.6 Å². The van der Waals surface area contributed by atoms with E-state index in [-0.39, 0.29) is 43.7 Å². The van der Waals surface area contributed by atoms with E-state index >= 15 is 0 Å². The molecule has 1 heterocycles. The van der Waals surface area contributed by atoms with Crippen LogP contribution in [-0.2, 0) is 28.9 Å². The van der Waals surface area contributed by atoms with Gasteiger partial charge in [-0.15, -0.1) is 0 Å². The molecular formula is C54H81BN3O7P. The van der Waals surface area contributed by atoms with Crippen LogP contribution in [0.25, 0.3) is 4.85 Å². The maximum absolute atomic E-state index is 12.9. The third-order valence-electron chi connectivity index (χ3n) is 12.6. The van der Waals surface area contributed by atoms with Crippen LogP contribution in [0.5, 0.6) is 11.5 Å². The van der Waals surface area contributed by atoms with Gasteiger partial charge in [0.05, 0.1) is 26.9 Å². The highest BCUT2D eigenvalue weighted by Gasteiger charge is 2.47. The number of nitrogens with one attached hydrogen (secondary N) is 1. The summed E-state index contributed by atoms with van der Waals surface area (Å²) in [5, 5.41) is 3.17. The molecular weight excluding hydrogens is 844 g/mol. The highest BCUT2D eigenvalue weighted by Crippen LogP contribution is 2.51. The van der Waals surface area contributed by atoms with Crippen molar-refractivity contribution in [3.05, 3.63) is 107 Å². The zero-order chi connectivity index (χ0) is 47.6. The molecule has 0 bridgehead atoms. The number of hydrogen-bond donors (Lipinski definition) is 1. The van der Waals surface area contributed by atoms with Crippen molar-refractivity contribution in [2.75, 3.05) is 40.5 Å². The summed E-state index contributed by atoms with van der Waals surface area (Å²) in [7, 11) is 8.62. The summed E-state index contributed by atoms with van der Waals surface area (Å²) in [6, 6.07) is 25.7. The minimum absolute atomic E-state index is 0.0969. The number of carbonyl (C=O) groups is 1. The minimum atomic E-state index is -1.63. The minimum Gasteiger partial charge on any atom is -0.497 e. The maximum Gasteiger partial charge on any atom is 0.259 e. The van der Waals surface area contributed by atoms with Gasteiger partial charge >= 0.3 is 0 Å². The summed E-state index contributed by atoms with van der Waals surface area (Å²) in [5.41, 5.74) is 1.66. The van der Waals surface area contributed by atoms with Crippen molar-refractivity contribution >= 4 is 22.3 Å². The number of amides is 1. The Bertz CT molecular complexity index is 1740. The normalized spacial score (nSPS) is 17.9. The fourth-order valence-electron chi connectivity index (χ4n) is 9.08. The zero-order valence-corrected chi connectivity index (χ0v) is 42.3. The van der Waals surface area contributed by atoms with Gasteiger partial charge in [-0.1, -0.05) is 139 Å². The van der Waals surface area contributed by atoms with Crippen LogP contribution in [0.3, 0.4) is 0 Å². The van der Waals surface area contributed by atoms with E-state index in [1.54, 1.807) is 14.2 Å². The van der Waals surface area contributed by atoms with Gasteiger partial charge in [-0.2, -0.15) is 0 Å². The molecule has 2 unspecified atom stereocenters. The van der Waals surface area contributed by atoms with Crippen LogP contribution < -0.4 is 14.8 Å². The monoisotopic (exact) mass is 926 g/mol. The maximum atomic E-state index is 12.9. The quantitative estimate of drug-likeness (QED) is 0.0208. The first-order chi connectivity index (χ1) is 32.1. The number of unbranched alkanes of at least 4 members (excludes halogenated alkanes) is 12. The molecule has 0 aliphatic carbocycles. The third kappa shape index (κ3) is 17.2. The van der Waals surface area contributed by atoms with Crippen molar-refractivity contribution in [1.29, 1.82) is 0 Å². The number of hydrogen-bond acceptors (Lipinski definition) is 8. The van der Waals surface area contributed by atoms with E-state index in [0.717, 1.165) is 41.0 Å². The van der Waals surface area contributed by atoms with E-state index in [9.17, 15) is 4.79 Å². The summed E-state index contributed by atoms with van der Waals surface area (Å²) >= 11 is 0. The van der Waals surface area contributed by atoms with Crippen molar-refractivity contribution in [2.24, 2.45) is 5.92 Å². The van der Waals surface area contributed by atoms with E-state index in [0.29, 0.717) is 25.8 Å². The van der Waals surface area contributed by atoms with Gasteiger partial charge in [-0.05, 0) is 87.9 Å². The third-order valence-corrected chi connectivity index (χ3v) is 14.7. The van der Waals surface area contributed by atoms with Crippen molar-refractivity contribution < 1.29 is 32.8 Å². The number of rotatable bonds is 34. The van der Waals surface area contributed by atoms with Gasteiger partial charge in [-0.3, -0.25) is 4.79 Å². The molecule has 1 fully saturated rings. The van der Waals surface area contributed by atoms with Crippen LogP contribution in [0, 0.1) is 12.5 Å². The molecule has 3 aromatic rings. The number of benzene rings is 3. The first-order valence-corrected chi connectivity index (χ1v) is 26.1. The number of nitrogens with zero attached hydrogens (tertiary/aromatic N) is 2. The zero-order valence-electron chi connectivity index (χ0n) is 41.4. The van der Waals surface area contributed by atoms with Gasteiger partial charge in [-0.25, -0.2) is 11.2 Å². The molecule has 4 rings (SSSR count). The first kappa shape index (κ1) is 55.1. The van der Waals surface area contributed by atoms with Crippen LogP contribution in [0.2, 0.25) is 0 Å². The molecule has 2 radical (unpaired) electrons. The standard InChI is InChI=1S/C54H81BN3O7P/c1-9-10-11-12-13-14-15-16-17-18-19-20-24-29-51(59)57-38-25-28-49-52(65-66(63-40-39-56-6)58(42(2)3)43(4)5)50(64-53(49)55)41-62-54(44-26-22-21-23-27-44,45-30-34-47(60-7)35-31-45)46-32-36-48(61-8)37-33-46/h21-23,26-27,30-37,42-43,49-50,52-53H,9-20,24-25,28-29,38-41H2,1-5,7-8H3,(H,57,59)/t49-,50+,52?,53+,66?/m0/s1. The van der Waals surface area contributed by atoms with Crippen LogP contribution in [0.4, 0.5) is 0 Å². The van der Waals surface area contributed by atoms with Gasteiger partial charge in [0.25, 0.3) is 8.53 Å². The Morgan fingerprint density at radius 3 is 1.79 bits per heavy atom. The van der Waals surface area contributed by atoms with Crippen LogP contribution in [-0.4, -0.2) is 89.2 Å². The second kappa shape index (κ2) is 30.8. The highest BCUT2D eigenvalue weighted by molar-refractivity contribution is 7.44. The van der Waals surface area contributed by atoms with E-state index in [2.05, 4.69) is 61.6 Å². The second-order valence-corrected chi connectivity index (χ2v) is 19.6. The number of methoxy groups -OCH3 is 2. The molecule has 5 atom stereocenters. The van der Waals surface area contributed by atoms with Crippen molar-refractivity contribution in [1.82, 2.24) is 9.99 Å². The van der Waals surface area contributed by atoms with Gasteiger partial charge in [0.1, 0.15) is 37.7 Å². The van der Waals surface area contributed by atoms with Crippen molar-refractivity contribution in [3.63, 3.8) is 0 Å². The van der Waals surface area contributed by atoms with E-state index < -0.39 is 32.3 Å². The average Bonchev–Trinajstić information content (AvgIpc) is 3.62. The lowest BCUT2D eigenvalue weighted by Crippen LogP contribution is -2.41. The molecule has 1 amide bonds. The Morgan fingerprint density at radius 2 is 1.29 bits per heavy atom. The molecule has 1 aliphatic heterocycles. The fraction of sp³-hybridized carbons (Fsp3) is 0.630. The van der Waals surface area contributed by atoms with E-state index in [1.807, 2.05) is 66.7 Å². The second-order valence-electron chi connectivity index (χ2n) is 18.2. The van der Waals surface area contributed by atoms with Gasteiger partial charge in [0.15, 0.2) is 0 Å².